The molecule has 3 amide bonds. The molecule has 0 saturated carbocycles. The second kappa shape index (κ2) is 9.91. The number of rotatable bonds is 7. The molecule has 0 aromatic heterocycles. The molecule has 1 aliphatic rings. The lowest BCUT2D eigenvalue weighted by atomic mass is 10.1. The van der Waals surface area contributed by atoms with Crippen molar-refractivity contribution in [3.05, 3.63) is 53.6 Å². The number of hydrogen-bond donors (Lipinski definition) is 2. The van der Waals surface area contributed by atoms with Gasteiger partial charge in [0.2, 0.25) is 0 Å². The van der Waals surface area contributed by atoms with Gasteiger partial charge in [-0.2, -0.15) is 8.78 Å². The number of urea groups is 1. The summed E-state index contributed by atoms with van der Waals surface area (Å²) in [7, 11) is 1.32. The minimum absolute atomic E-state index is 0.105. The van der Waals surface area contributed by atoms with Crippen molar-refractivity contribution in [2.24, 2.45) is 0 Å². The van der Waals surface area contributed by atoms with E-state index in [9.17, 15) is 18.4 Å². The van der Waals surface area contributed by atoms with E-state index < -0.39 is 12.5 Å². The first-order chi connectivity index (χ1) is 14.5. The summed E-state index contributed by atoms with van der Waals surface area (Å²) in [6, 6.07) is 11.0. The summed E-state index contributed by atoms with van der Waals surface area (Å²) in [4.78, 5) is 26.4. The topological polar surface area (TPSA) is 79.9 Å². The molecule has 0 aliphatic carbocycles. The number of ether oxygens (including phenoxy) is 2. The average molecular weight is 419 g/mol. The number of carbonyl (C=O) groups is 2. The lowest BCUT2D eigenvalue weighted by Crippen LogP contribution is -2.32. The van der Waals surface area contributed by atoms with Crippen molar-refractivity contribution in [2.75, 3.05) is 25.5 Å². The first-order valence-electron chi connectivity index (χ1n) is 9.52. The maximum absolute atomic E-state index is 12.6. The zero-order chi connectivity index (χ0) is 21.5. The van der Waals surface area contributed by atoms with Gasteiger partial charge in [-0.1, -0.05) is 12.1 Å². The molecule has 1 saturated heterocycles. The van der Waals surface area contributed by atoms with Crippen molar-refractivity contribution >= 4 is 17.6 Å². The Kier molecular flexibility index (Phi) is 7.05. The summed E-state index contributed by atoms with van der Waals surface area (Å²) in [5, 5.41) is 5.58. The molecule has 1 fully saturated rings. The van der Waals surface area contributed by atoms with E-state index in [0.29, 0.717) is 5.69 Å². The van der Waals surface area contributed by atoms with Crippen LogP contribution in [0.3, 0.4) is 0 Å². The van der Waals surface area contributed by atoms with Gasteiger partial charge in [-0.15, -0.1) is 0 Å². The molecule has 0 radical (unpaired) electrons. The van der Waals surface area contributed by atoms with E-state index in [1.165, 1.54) is 25.3 Å². The van der Waals surface area contributed by atoms with Crippen LogP contribution in [0.2, 0.25) is 0 Å². The fourth-order valence-electron chi connectivity index (χ4n) is 3.17. The zero-order valence-corrected chi connectivity index (χ0v) is 16.5. The minimum atomic E-state index is -3.03. The monoisotopic (exact) mass is 419 g/mol. The van der Waals surface area contributed by atoms with E-state index in [0.717, 1.165) is 31.5 Å². The van der Waals surface area contributed by atoms with Crippen LogP contribution < -0.4 is 20.1 Å². The minimum Gasteiger partial charge on any atom is -0.493 e. The maximum Gasteiger partial charge on any atom is 0.387 e. The van der Waals surface area contributed by atoms with Crippen molar-refractivity contribution in [1.82, 2.24) is 10.2 Å². The van der Waals surface area contributed by atoms with Gasteiger partial charge < -0.3 is 25.0 Å². The van der Waals surface area contributed by atoms with Crippen LogP contribution in [0.1, 0.15) is 28.8 Å². The van der Waals surface area contributed by atoms with Crippen LogP contribution in [0.5, 0.6) is 11.5 Å². The highest BCUT2D eigenvalue weighted by Crippen LogP contribution is 2.29. The van der Waals surface area contributed by atoms with Gasteiger partial charge in [-0.05, 0) is 48.7 Å². The SMILES string of the molecule is COc1ccc(C(=O)NCc2cccc(NC(=O)N3CCCC3)c2)cc1OC(F)F. The molecule has 2 aromatic rings. The first kappa shape index (κ1) is 21.4. The number of benzene rings is 2. The first-order valence-corrected chi connectivity index (χ1v) is 9.52. The van der Waals surface area contributed by atoms with Gasteiger partial charge in [-0.3, -0.25) is 4.79 Å². The molecule has 160 valence electrons. The van der Waals surface area contributed by atoms with E-state index in [-0.39, 0.29) is 29.6 Å². The Labute approximate surface area is 173 Å². The largest absolute Gasteiger partial charge is 0.493 e. The number of hydrogen-bond acceptors (Lipinski definition) is 4. The Morgan fingerprint density at radius 1 is 1.10 bits per heavy atom. The van der Waals surface area contributed by atoms with Gasteiger partial charge in [0.05, 0.1) is 7.11 Å². The fraction of sp³-hybridized carbons (Fsp3) is 0.333. The van der Waals surface area contributed by atoms with Crippen molar-refractivity contribution in [3.63, 3.8) is 0 Å². The third kappa shape index (κ3) is 5.59. The predicted molar refractivity (Wildman–Crippen MR) is 107 cm³/mol. The van der Waals surface area contributed by atoms with Crippen LogP contribution in [-0.2, 0) is 6.54 Å². The molecular weight excluding hydrogens is 396 g/mol. The molecule has 2 aromatic carbocycles. The molecule has 7 nitrogen and oxygen atoms in total. The lowest BCUT2D eigenvalue weighted by Gasteiger charge is -2.16. The Hall–Kier alpha value is -3.36. The average Bonchev–Trinajstić information content (AvgIpc) is 3.27. The van der Waals surface area contributed by atoms with Gasteiger partial charge in [0.15, 0.2) is 11.5 Å². The second-order valence-corrected chi connectivity index (χ2v) is 6.75. The normalized spacial score (nSPS) is 13.3. The number of nitrogens with one attached hydrogen (secondary N) is 2. The number of anilines is 1. The van der Waals surface area contributed by atoms with E-state index in [1.807, 2.05) is 6.07 Å². The van der Waals surface area contributed by atoms with Crippen molar-refractivity contribution in [3.8, 4) is 11.5 Å². The number of halogens is 2. The molecule has 1 heterocycles. The predicted octanol–water partition coefficient (Wildman–Crippen LogP) is 3.85. The molecule has 0 atom stereocenters. The number of carbonyl (C=O) groups excluding carboxylic acids is 2. The van der Waals surface area contributed by atoms with Gasteiger partial charge in [0, 0.05) is 30.9 Å². The molecule has 2 N–H and O–H groups in total. The lowest BCUT2D eigenvalue weighted by molar-refractivity contribution is -0.0512. The molecule has 0 spiro atoms. The molecule has 1 aliphatic heterocycles. The van der Waals surface area contributed by atoms with Crippen LogP contribution in [0.15, 0.2) is 42.5 Å². The standard InChI is InChI=1S/C21H23F2N3O4/c1-29-17-8-7-15(12-18(17)30-20(22)23)19(27)24-13-14-5-4-6-16(11-14)25-21(28)26-9-2-3-10-26/h4-8,11-12,20H,2-3,9-10,13H2,1H3,(H,24,27)(H,25,28). The van der Waals surface area contributed by atoms with Crippen molar-refractivity contribution in [1.29, 1.82) is 0 Å². The van der Waals surface area contributed by atoms with Gasteiger partial charge >= 0.3 is 12.6 Å². The van der Waals surface area contributed by atoms with E-state index >= 15 is 0 Å². The van der Waals surface area contributed by atoms with Gasteiger partial charge in [0.25, 0.3) is 5.91 Å². The molecule has 30 heavy (non-hydrogen) atoms. The third-order valence-electron chi connectivity index (χ3n) is 4.67. The van der Waals surface area contributed by atoms with Gasteiger partial charge in [0.1, 0.15) is 0 Å². The van der Waals surface area contributed by atoms with E-state index in [4.69, 9.17) is 4.74 Å². The van der Waals surface area contributed by atoms with Crippen LogP contribution in [0.4, 0.5) is 19.3 Å². The number of nitrogens with zero attached hydrogens (tertiary/aromatic N) is 1. The summed E-state index contributed by atoms with van der Waals surface area (Å²) >= 11 is 0. The molecule has 0 bridgehead atoms. The molecule has 9 heteroatoms. The smallest absolute Gasteiger partial charge is 0.387 e. The zero-order valence-electron chi connectivity index (χ0n) is 16.5. The van der Waals surface area contributed by atoms with Crippen molar-refractivity contribution in [2.45, 2.75) is 26.0 Å². The van der Waals surface area contributed by atoms with E-state index in [2.05, 4.69) is 15.4 Å². The Balaban J connectivity index is 1.61. The number of alkyl halides is 2. The summed E-state index contributed by atoms with van der Waals surface area (Å²) in [6.07, 6.45) is 2.02. The number of amides is 3. The maximum atomic E-state index is 12.6. The summed E-state index contributed by atoms with van der Waals surface area (Å²) < 4.78 is 34.5. The fourth-order valence-corrected chi connectivity index (χ4v) is 3.17. The summed E-state index contributed by atoms with van der Waals surface area (Å²) in [6.45, 7) is -1.33. The van der Waals surface area contributed by atoms with Gasteiger partial charge in [-0.25, -0.2) is 4.79 Å². The highest BCUT2D eigenvalue weighted by atomic mass is 19.3. The van der Waals surface area contributed by atoms with Crippen LogP contribution >= 0.6 is 0 Å². The Morgan fingerprint density at radius 3 is 2.57 bits per heavy atom. The van der Waals surface area contributed by atoms with Crippen LogP contribution in [-0.4, -0.2) is 43.6 Å². The van der Waals surface area contributed by atoms with Crippen LogP contribution in [0, 0.1) is 0 Å². The molecule has 3 rings (SSSR count). The summed E-state index contributed by atoms with van der Waals surface area (Å²) in [5.74, 6) is -0.566. The number of methoxy groups -OCH3 is 1. The molecule has 0 unspecified atom stereocenters. The van der Waals surface area contributed by atoms with Crippen molar-refractivity contribution < 1.29 is 27.8 Å². The third-order valence-corrected chi connectivity index (χ3v) is 4.67. The highest BCUT2D eigenvalue weighted by Gasteiger charge is 2.18. The molecular formula is C21H23F2N3O4. The Bertz CT molecular complexity index is 902. The van der Waals surface area contributed by atoms with Crippen LogP contribution in [0.25, 0.3) is 0 Å². The number of likely N-dealkylation sites (tertiary alicyclic amines) is 1. The quantitative estimate of drug-likeness (QED) is 0.714. The van der Waals surface area contributed by atoms with E-state index in [1.54, 1.807) is 23.1 Å². The highest BCUT2D eigenvalue weighted by molar-refractivity contribution is 5.95. The Morgan fingerprint density at radius 2 is 1.87 bits per heavy atom. The summed E-state index contributed by atoms with van der Waals surface area (Å²) in [5.41, 5.74) is 1.57. The second-order valence-electron chi connectivity index (χ2n) is 6.75.